The van der Waals surface area contributed by atoms with E-state index in [1.54, 1.807) is 6.92 Å². The van der Waals surface area contributed by atoms with Crippen LogP contribution in [0.4, 0.5) is 11.4 Å². The maximum absolute atomic E-state index is 11.1. The Morgan fingerprint density at radius 3 is 2.55 bits per heavy atom. The molecule has 1 fully saturated rings. The number of carbonyl (C=O) groups is 1. The lowest BCUT2D eigenvalue weighted by atomic mass is 10.1. The molecule has 0 bridgehead atoms. The zero-order valence-electron chi connectivity index (χ0n) is 25.5. The molecule has 0 aliphatic carbocycles. The predicted molar refractivity (Wildman–Crippen MR) is 167 cm³/mol. The SMILES string of the molecule is CCCCc1nc2c(N)cc3ccc(N4CCN(C)CC4)cc3c2n1CCCC[N+](C)(C)CCOCCC(C)=O. The van der Waals surface area contributed by atoms with Crippen LogP contribution in [0.25, 0.3) is 21.8 Å². The smallest absolute Gasteiger partial charge is 0.132 e. The highest BCUT2D eigenvalue weighted by Crippen LogP contribution is 2.34. The van der Waals surface area contributed by atoms with E-state index in [1.165, 1.54) is 22.0 Å². The second kappa shape index (κ2) is 13.8. The first kappa shape index (κ1) is 30.3. The summed E-state index contributed by atoms with van der Waals surface area (Å²) in [7, 11) is 6.73. The molecule has 8 nitrogen and oxygen atoms in total. The normalized spacial score (nSPS) is 15.0. The quantitative estimate of drug-likeness (QED) is 0.167. The minimum atomic E-state index is 0.184. The number of quaternary nitrogens is 1. The summed E-state index contributed by atoms with van der Waals surface area (Å²) in [4.78, 5) is 21.2. The average Bonchev–Trinajstić information content (AvgIpc) is 3.29. The van der Waals surface area contributed by atoms with Gasteiger partial charge in [0.1, 0.15) is 23.7 Å². The van der Waals surface area contributed by atoms with E-state index < -0.39 is 0 Å². The highest BCUT2D eigenvalue weighted by Gasteiger charge is 2.20. The molecule has 2 aromatic carbocycles. The third kappa shape index (κ3) is 7.74. The molecule has 0 radical (unpaired) electrons. The minimum absolute atomic E-state index is 0.184. The van der Waals surface area contributed by atoms with Crippen LogP contribution in [0.5, 0.6) is 0 Å². The standard InChI is InChI=1S/C32H51N6O2/c1-6-7-10-30-34-31-29(33)23-26-11-12-27(36-17-15-35(3)16-18-36)24-28(26)32(31)37(30)14-8-9-19-38(4,5)20-22-40-21-13-25(2)39/h11-12,23-24H,6-10,13-22,33H2,1-5H3/q+1. The lowest BCUT2D eigenvalue weighted by molar-refractivity contribution is -0.891. The number of ether oxygens (including phenoxy) is 1. The van der Waals surface area contributed by atoms with Crippen LogP contribution in [-0.2, 0) is 22.5 Å². The second-order valence-electron chi connectivity index (χ2n) is 12.3. The van der Waals surface area contributed by atoms with Crippen molar-refractivity contribution in [3.8, 4) is 0 Å². The van der Waals surface area contributed by atoms with Gasteiger partial charge in [-0.15, -0.1) is 0 Å². The molecule has 0 atom stereocenters. The molecule has 4 rings (SSSR count). The molecule has 1 aliphatic heterocycles. The van der Waals surface area contributed by atoms with Gasteiger partial charge in [0, 0.05) is 56.6 Å². The lowest BCUT2D eigenvalue weighted by Gasteiger charge is -2.34. The number of carbonyl (C=O) groups excluding carboxylic acids is 1. The number of rotatable bonds is 15. The molecule has 0 saturated carbocycles. The van der Waals surface area contributed by atoms with Crippen LogP contribution in [0.1, 0.15) is 51.8 Å². The van der Waals surface area contributed by atoms with Crippen molar-refractivity contribution < 1.29 is 14.0 Å². The number of imidazole rings is 1. The zero-order valence-corrected chi connectivity index (χ0v) is 25.5. The Morgan fingerprint density at radius 2 is 1.82 bits per heavy atom. The largest absolute Gasteiger partial charge is 0.397 e. The predicted octanol–water partition coefficient (Wildman–Crippen LogP) is 4.72. The minimum Gasteiger partial charge on any atom is -0.397 e. The molecule has 3 aromatic rings. The Bertz CT molecular complexity index is 1280. The number of likely N-dealkylation sites (N-methyl/N-ethyl adjacent to an activating group) is 2. The van der Waals surface area contributed by atoms with Crippen molar-refractivity contribution in [3.63, 3.8) is 0 Å². The van der Waals surface area contributed by atoms with Gasteiger partial charge in [0.05, 0.1) is 45.1 Å². The number of nitrogen functional groups attached to an aromatic ring is 1. The molecule has 0 spiro atoms. The van der Waals surface area contributed by atoms with E-state index >= 15 is 0 Å². The van der Waals surface area contributed by atoms with Crippen LogP contribution in [0.2, 0.25) is 0 Å². The fourth-order valence-corrected chi connectivity index (χ4v) is 5.66. The number of hydrogen-bond acceptors (Lipinski definition) is 6. The zero-order chi connectivity index (χ0) is 28.7. The van der Waals surface area contributed by atoms with Crippen molar-refractivity contribution in [2.45, 2.75) is 58.9 Å². The third-order valence-corrected chi connectivity index (χ3v) is 8.38. The van der Waals surface area contributed by atoms with Crippen molar-refractivity contribution in [1.29, 1.82) is 0 Å². The highest BCUT2D eigenvalue weighted by molar-refractivity contribution is 6.10. The van der Waals surface area contributed by atoms with E-state index in [0.717, 1.165) is 99.4 Å². The van der Waals surface area contributed by atoms with Crippen LogP contribution >= 0.6 is 0 Å². The summed E-state index contributed by atoms with van der Waals surface area (Å²) in [6, 6.07) is 8.96. The second-order valence-corrected chi connectivity index (χ2v) is 12.3. The first-order valence-electron chi connectivity index (χ1n) is 15.2. The van der Waals surface area contributed by atoms with Crippen molar-refractivity contribution in [3.05, 3.63) is 30.1 Å². The number of benzene rings is 2. The van der Waals surface area contributed by atoms with Crippen LogP contribution in [0.3, 0.4) is 0 Å². The number of fused-ring (bicyclic) bond motifs is 3. The molecule has 40 heavy (non-hydrogen) atoms. The van der Waals surface area contributed by atoms with Crippen LogP contribution in [0, 0.1) is 0 Å². The van der Waals surface area contributed by atoms with E-state index in [1.807, 2.05) is 0 Å². The number of ketones is 1. The Kier molecular flexibility index (Phi) is 10.4. The summed E-state index contributed by atoms with van der Waals surface area (Å²) < 4.78 is 9.08. The number of anilines is 2. The Hall–Kier alpha value is -2.68. The van der Waals surface area contributed by atoms with E-state index in [-0.39, 0.29) is 5.78 Å². The third-order valence-electron chi connectivity index (χ3n) is 8.38. The molecule has 0 amide bonds. The average molecular weight is 552 g/mol. The van der Waals surface area contributed by atoms with Gasteiger partial charge in [0.2, 0.25) is 0 Å². The van der Waals surface area contributed by atoms with Gasteiger partial charge in [0.25, 0.3) is 0 Å². The highest BCUT2D eigenvalue weighted by atomic mass is 16.5. The lowest BCUT2D eigenvalue weighted by Crippen LogP contribution is -2.44. The number of aryl methyl sites for hydroxylation is 2. The number of piperazine rings is 1. The maximum Gasteiger partial charge on any atom is 0.132 e. The molecular formula is C32H51N6O2+. The van der Waals surface area contributed by atoms with Crippen molar-refractivity contribution in [2.75, 3.05) is 84.3 Å². The molecule has 8 heteroatoms. The molecule has 0 unspecified atom stereocenters. The monoisotopic (exact) mass is 551 g/mol. The number of hydrogen-bond donors (Lipinski definition) is 1. The van der Waals surface area contributed by atoms with Gasteiger partial charge < -0.3 is 29.3 Å². The summed E-state index contributed by atoms with van der Waals surface area (Å²) in [5.41, 5.74) is 10.8. The number of aromatic nitrogens is 2. The molecule has 220 valence electrons. The van der Waals surface area contributed by atoms with Gasteiger partial charge in [-0.05, 0) is 56.8 Å². The fraction of sp³-hybridized carbons (Fsp3) is 0.625. The topological polar surface area (TPSA) is 76.6 Å². The first-order valence-corrected chi connectivity index (χ1v) is 15.2. The summed E-state index contributed by atoms with van der Waals surface area (Å²) >= 11 is 0. The fourth-order valence-electron chi connectivity index (χ4n) is 5.66. The number of nitrogens with two attached hydrogens (primary N) is 1. The Balaban J connectivity index is 1.52. The first-order chi connectivity index (χ1) is 19.2. The van der Waals surface area contributed by atoms with Gasteiger partial charge in [-0.3, -0.25) is 4.79 Å². The van der Waals surface area contributed by atoms with E-state index in [0.29, 0.717) is 19.6 Å². The molecule has 2 N–H and O–H groups in total. The number of Topliss-reactive ketones (excluding diaryl/α,β-unsaturated/α-hetero) is 1. The van der Waals surface area contributed by atoms with E-state index in [9.17, 15) is 4.79 Å². The molecule has 1 saturated heterocycles. The van der Waals surface area contributed by atoms with Gasteiger partial charge in [-0.25, -0.2) is 4.98 Å². The van der Waals surface area contributed by atoms with Gasteiger partial charge in [-0.2, -0.15) is 0 Å². The van der Waals surface area contributed by atoms with E-state index in [4.69, 9.17) is 15.5 Å². The molecule has 1 aromatic heterocycles. The van der Waals surface area contributed by atoms with Gasteiger partial charge in [-0.1, -0.05) is 19.4 Å². The van der Waals surface area contributed by atoms with Crippen LogP contribution < -0.4 is 10.6 Å². The maximum atomic E-state index is 11.1. The summed E-state index contributed by atoms with van der Waals surface area (Å²) in [5.74, 6) is 1.35. The molecular weight excluding hydrogens is 500 g/mol. The van der Waals surface area contributed by atoms with Crippen LogP contribution in [0.15, 0.2) is 24.3 Å². The van der Waals surface area contributed by atoms with E-state index in [2.05, 4.69) is 66.7 Å². The Labute approximate surface area is 240 Å². The van der Waals surface area contributed by atoms with Crippen molar-refractivity contribution >= 4 is 39.0 Å². The van der Waals surface area contributed by atoms with Crippen molar-refractivity contribution in [2.24, 2.45) is 0 Å². The Morgan fingerprint density at radius 1 is 1.05 bits per heavy atom. The van der Waals surface area contributed by atoms with Gasteiger partial charge in [0.15, 0.2) is 0 Å². The summed E-state index contributed by atoms with van der Waals surface area (Å²) in [6.45, 7) is 12.3. The van der Waals surface area contributed by atoms with Crippen molar-refractivity contribution in [1.82, 2.24) is 14.5 Å². The van der Waals surface area contributed by atoms with Crippen LogP contribution in [-0.4, -0.2) is 98.3 Å². The molecule has 2 heterocycles. The van der Waals surface area contributed by atoms with Gasteiger partial charge >= 0.3 is 0 Å². The number of nitrogens with zero attached hydrogens (tertiary/aromatic N) is 5. The number of unbranched alkanes of at least 4 members (excludes halogenated alkanes) is 2. The summed E-state index contributed by atoms with van der Waals surface area (Å²) in [6.07, 6.45) is 5.96. The molecule has 1 aliphatic rings. The summed E-state index contributed by atoms with van der Waals surface area (Å²) in [5, 5.41) is 2.45.